The minimum Gasteiger partial charge on any atom is -0.368 e. The second-order valence-corrected chi connectivity index (χ2v) is 3.96. The van der Waals surface area contributed by atoms with Gasteiger partial charge in [-0.25, -0.2) is 4.98 Å². The lowest BCUT2D eigenvalue weighted by Crippen LogP contribution is -2.14. The number of aryl methyl sites for hydroxylation is 1. The number of pyridine rings is 1. The van der Waals surface area contributed by atoms with Crippen LogP contribution in [0.3, 0.4) is 0 Å². The minimum absolute atomic E-state index is 0.0915. The number of nitro benzene ring substituents is 1. The summed E-state index contributed by atoms with van der Waals surface area (Å²) in [6.07, 6.45) is 0. The van der Waals surface area contributed by atoms with E-state index in [2.05, 4.69) is 10.3 Å². The van der Waals surface area contributed by atoms with Crippen molar-refractivity contribution in [3.05, 3.63) is 40.1 Å². The van der Waals surface area contributed by atoms with Gasteiger partial charge in [-0.3, -0.25) is 10.1 Å². The molecule has 1 heterocycles. The van der Waals surface area contributed by atoms with Crippen LogP contribution < -0.4 is 11.1 Å². The molecule has 0 aliphatic carbocycles. The first-order valence-electron chi connectivity index (χ1n) is 5.62. The Labute approximate surface area is 104 Å². The van der Waals surface area contributed by atoms with Crippen molar-refractivity contribution in [1.82, 2.24) is 4.98 Å². The second kappa shape index (κ2) is 4.97. The molecule has 2 aromatic rings. The largest absolute Gasteiger partial charge is 0.368 e. The molecule has 2 rings (SSSR count). The summed E-state index contributed by atoms with van der Waals surface area (Å²) in [7, 11) is 0. The number of nitrogens with zero attached hydrogens (tertiary/aromatic N) is 2. The summed E-state index contributed by atoms with van der Waals surface area (Å²) in [5.74, 6) is 0.638. The molecule has 0 aliphatic rings. The van der Waals surface area contributed by atoms with Gasteiger partial charge >= 0.3 is 0 Å². The highest BCUT2D eigenvalue weighted by Gasteiger charge is 2.14. The topological polar surface area (TPSA) is 94.1 Å². The number of benzene rings is 1. The van der Waals surface area contributed by atoms with Crippen LogP contribution in [0.5, 0.6) is 0 Å². The molecule has 0 saturated carbocycles. The maximum atomic E-state index is 11.0. The third-order valence-corrected chi connectivity index (χ3v) is 2.61. The first-order valence-corrected chi connectivity index (χ1v) is 5.62. The minimum atomic E-state index is -0.380. The third-order valence-electron chi connectivity index (χ3n) is 2.61. The Morgan fingerprint density at radius 3 is 2.89 bits per heavy atom. The molecule has 94 valence electrons. The van der Waals surface area contributed by atoms with Gasteiger partial charge in [-0.05, 0) is 13.0 Å². The molecule has 6 nitrogen and oxygen atoms in total. The van der Waals surface area contributed by atoms with Gasteiger partial charge in [0.2, 0.25) is 0 Å². The molecule has 0 aliphatic heterocycles. The van der Waals surface area contributed by atoms with Crippen LogP contribution in [0.2, 0.25) is 0 Å². The predicted molar refractivity (Wildman–Crippen MR) is 70.7 cm³/mol. The summed E-state index contributed by atoms with van der Waals surface area (Å²) in [5.41, 5.74) is 6.26. The zero-order valence-corrected chi connectivity index (χ0v) is 10.0. The fraction of sp³-hybridized carbons (Fsp3) is 0.250. The Morgan fingerprint density at radius 2 is 2.22 bits per heavy atom. The molecular weight excluding hydrogens is 232 g/mol. The summed E-state index contributed by atoms with van der Waals surface area (Å²) in [6.45, 7) is 2.87. The van der Waals surface area contributed by atoms with Gasteiger partial charge in [-0.15, -0.1) is 0 Å². The molecule has 1 aromatic heterocycles. The summed E-state index contributed by atoms with van der Waals surface area (Å²) in [6, 6.07) is 6.69. The van der Waals surface area contributed by atoms with Crippen molar-refractivity contribution in [2.75, 3.05) is 18.4 Å². The lowest BCUT2D eigenvalue weighted by Gasteiger charge is -2.09. The van der Waals surface area contributed by atoms with Crippen molar-refractivity contribution in [2.45, 2.75) is 6.92 Å². The number of fused-ring (bicyclic) bond motifs is 1. The maximum absolute atomic E-state index is 11.0. The Balaban J connectivity index is 2.65. The number of nitrogens with one attached hydrogen (secondary N) is 1. The summed E-state index contributed by atoms with van der Waals surface area (Å²) < 4.78 is 0. The molecule has 0 amide bonds. The molecule has 3 N–H and O–H groups in total. The highest BCUT2D eigenvalue weighted by atomic mass is 16.6. The molecule has 18 heavy (non-hydrogen) atoms. The van der Waals surface area contributed by atoms with Crippen LogP contribution in [0, 0.1) is 17.0 Å². The molecule has 0 saturated heterocycles. The molecule has 1 aromatic carbocycles. The zero-order chi connectivity index (χ0) is 13.1. The van der Waals surface area contributed by atoms with Gasteiger partial charge < -0.3 is 11.1 Å². The summed E-state index contributed by atoms with van der Waals surface area (Å²) in [4.78, 5) is 15.0. The van der Waals surface area contributed by atoms with E-state index in [9.17, 15) is 10.1 Å². The van der Waals surface area contributed by atoms with Crippen LogP contribution in [0.15, 0.2) is 24.3 Å². The first kappa shape index (κ1) is 12.3. The Kier molecular flexibility index (Phi) is 3.38. The van der Waals surface area contributed by atoms with Crippen LogP contribution in [-0.4, -0.2) is 23.0 Å². The van der Waals surface area contributed by atoms with Crippen LogP contribution in [0.4, 0.5) is 11.5 Å². The zero-order valence-electron chi connectivity index (χ0n) is 10.0. The van der Waals surface area contributed by atoms with Gasteiger partial charge in [0.25, 0.3) is 5.69 Å². The van der Waals surface area contributed by atoms with E-state index < -0.39 is 0 Å². The van der Waals surface area contributed by atoms with Crippen molar-refractivity contribution < 1.29 is 4.92 Å². The van der Waals surface area contributed by atoms with E-state index in [0.29, 0.717) is 24.3 Å². The number of nitrogens with two attached hydrogens (primary N) is 1. The van der Waals surface area contributed by atoms with E-state index >= 15 is 0 Å². The SMILES string of the molecule is Cc1cc2c([N+](=O)[O-])cccc2c(NCCN)n1. The van der Waals surface area contributed by atoms with Gasteiger partial charge in [0.1, 0.15) is 5.82 Å². The van der Waals surface area contributed by atoms with E-state index in [1.165, 1.54) is 6.07 Å². The Morgan fingerprint density at radius 1 is 1.44 bits per heavy atom. The fourth-order valence-electron chi connectivity index (χ4n) is 1.87. The second-order valence-electron chi connectivity index (χ2n) is 3.96. The highest BCUT2D eigenvalue weighted by Crippen LogP contribution is 2.29. The van der Waals surface area contributed by atoms with Gasteiger partial charge in [0.15, 0.2) is 0 Å². The summed E-state index contributed by atoms with van der Waals surface area (Å²) >= 11 is 0. The van der Waals surface area contributed by atoms with E-state index in [-0.39, 0.29) is 10.6 Å². The van der Waals surface area contributed by atoms with Crippen LogP contribution in [0.25, 0.3) is 10.8 Å². The maximum Gasteiger partial charge on any atom is 0.277 e. The van der Waals surface area contributed by atoms with Crippen molar-refractivity contribution in [3.63, 3.8) is 0 Å². The van der Waals surface area contributed by atoms with Crippen molar-refractivity contribution >= 4 is 22.3 Å². The molecule has 0 bridgehead atoms. The average molecular weight is 246 g/mol. The van der Waals surface area contributed by atoms with Crippen LogP contribution in [0.1, 0.15) is 5.69 Å². The molecule has 0 unspecified atom stereocenters. The molecule has 6 heteroatoms. The molecule has 0 radical (unpaired) electrons. The van der Waals surface area contributed by atoms with E-state index in [0.717, 1.165) is 11.1 Å². The van der Waals surface area contributed by atoms with E-state index in [4.69, 9.17) is 5.73 Å². The number of hydrogen-bond acceptors (Lipinski definition) is 5. The number of nitro groups is 1. The quantitative estimate of drug-likeness (QED) is 0.634. The molecule has 0 spiro atoms. The number of aromatic nitrogens is 1. The van der Waals surface area contributed by atoms with Crippen LogP contribution in [-0.2, 0) is 0 Å². The monoisotopic (exact) mass is 246 g/mol. The average Bonchev–Trinajstić information content (AvgIpc) is 2.34. The van der Waals surface area contributed by atoms with Crippen LogP contribution >= 0.6 is 0 Å². The number of non-ortho nitro benzene ring substituents is 1. The Hall–Kier alpha value is -2.21. The molecular formula is C12H14N4O2. The molecule has 0 fully saturated rings. The fourth-order valence-corrected chi connectivity index (χ4v) is 1.87. The standard InChI is InChI=1S/C12H14N4O2/c1-8-7-10-9(12(15-8)14-6-5-13)3-2-4-11(10)16(17)18/h2-4,7H,5-6,13H2,1H3,(H,14,15). The first-order chi connectivity index (χ1) is 8.63. The lowest BCUT2D eigenvalue weighted by atomic mass is 10.1. The highest BCUT2D eigenvalue weighted by molar-refractivity contribution is 5.98. The third kappa shape index (κ3) is 2.23. The number of hydrogen-bond donors (Lipinski definition) is 2. The van der Waals surface area contributed by atoms with Gasteiger partial charge in [0, 0.05) is 30.2 Å². The van der Waals surface area contributed by atoms with Gasteiger partial charge in [-0.1, -0.05) is 12.1 Å². The van der Waals surface area contributed by atoms with Gasteiger partial charge in [-0.2, -0.15) is 0 Å². The van der Waals surface area contributed by atoms with E-state index in [1.54, 1.807) is 12.1 Å². The van der Waals surface area contributed by atoms with Gasteiger partial charge in [0.05, 0.1) is 10.3 Å². The normalized spacial score (nSPS) is 10.6. The summed E-state index contributed by atoms with van der Waals surface area (Å²) in [5, 5.41) is 15.4. The predicted octanol–water partition coefficient (Wildman–Crippen LogP) is 1.82. The Bertz CT molecular complexity index is 598. The van der Waals surface area contributed by atoms with Crippen molar-refractivity contribution in [1.29, 1.82) is 0 Å². The van der Waals surface area contributed by atoms with E-state index in [1.807, 2.05) is 13.0 Å². The van der Waals surface area contributed by atoms with Crippen molar-refractivity contribution in [2.24, 2.45) is 5.73 Å². The van der Waals surface area contributed by atoms with Crippen molar-refractivity contribution in [3.8, 4) is 0 Å². The number of rotatable bonds is 4. The smallest absolute Gasteiger partial charge is 0.277 e. The molecule has 0 atom stereocenters. The number of anilines is 1. The lowest BCUT2D eigenvalue weighted by molar-refractivity contribution is -0.383.